The minimum atomic E-state index is -0.618. The molecule has 33 heavy (non-hydrogen) atoms. The van der Waals surface area contributed by atoms with Gasteiger partial charge in [-0.2, -0.15) is 0 Å². The van der Waals surface area contributed by atoms with E-state index in [4.69, 9.17) is 0 Å². The van der Waals surface area contributed by atoms with Gasteiger partial charge in [-0.3, -0.25) is 9.69 Å². The van der Waals surface area contributed by atoms with Crippen LogP contribution in [0.25, 0.3) is 0 Å². The maximum Gasteiger partial charge on any atom is 0.270 e. The summed E-state index contributed by atoms with van der Waals surface area (Å²) in [5, 5.41) is 13.3. The van der Waals surface area contributed by atoms with Crippen LogP contribution in [0.1, 0.15) is 53.0 Å². The molecule has 2 heterocycles. The number of hydrogen-bond acceptors (Lipinski definition) is 6. The molecule has 2 aromatic rings. The lowest BCUT2D eigenvalue weighted by Gasteiger charge is -2.32. The van der Waals surface area contributed by atoms with Crippen molar-refractivity contribution in [3.63, 3.8) is 0 Å². The molecule has 178 valence electrons. The second-order valence-corrected chi connectivity index (χ2v) is 9.85. The van der Waals surface area contributed by atoms with Crippen molar-refractivity contribution in [1.29, 1.82) is 0 Å². The number of aromatic nitrogens is 2. The second kappa shape index (κ2) is 11.2. The van der Waals surface area contributed by atoms with E-state index in [1.54, 1.807) is 6.07 Å². The average Bonchev–Trinajstić information content (AvgIpc) is 2.83. The van der Waals surface area contributed by atoms with Crippen molar-refractivity contribution in [2.45, 2.75) is 57.2 Å². The number of benzene rings is 1. The van der Waals surface area contributed by atoms with Crippen LogP contribution in [0.2, 0.25) is 0 Å². The Morgan fingerprint density at radius 1 is 1.18 bits per heavy atom. The fourth-order valence-electron chi connectivity index (χ4n) is 5.17. The Morgan fingerprint density at radius 3 is 2.70 bits per heavy atom. The van der Waals surface area contributed by atoms with Gasteiger partial charge < -0.3 is 15.3 Å². The highest BCUT2D eigenvalue weighted by atomic mass is 16.3. The standard InChI is InChI=1S/C26H37N5O2/c1-30(2)23-9-7-19(8-10-23)13-22-14-25(29-18-28-22)26(33)27-15-24(32)17-31-12-11-20-5-3-4-6-21(20)16-31/h3-6,14,18-19,23-24,32H,7-13,15-17H2,1-2H3,(H,27,33)/t19?,23?,24-/m0/s1. The van der Waals surface area contributed by atoms with E-state index in [1.807, 2.05) is 0 Å². The molecule has 7 nitrogen and oxygen atoms in total. The molecule has 2 aliphatic rings. The van der Waals surface area contributed by atoms with Gasteiger partial charge >= 0.3 is 0 Å². The van der Waals surface area contributed by atoms with Crippen LogP contribution in [0.5, 0.6) is 0 Å². The van der Waals surface area contributed by atoms with Crippen LogP contribution in [0, 0.1) is 5.92 Å². The molecular formula is C26H37N5O2. The largest absolute Gasteiger partial charge is 0.390 e. The number of rotatable bonds is 8. The van der Waals surface area contributed by atoms with Crippen LogP contribution in [0.15, 0.2) is 36.7 Å². The maximum atomic E-state index is 12.6. The van der Waals surface area contributed by atoms with Gasteiger partial charge in [-0.25, -0.2) is 9.97 Å². The maximum absolute atomic E-state index is 12.6. The summed E-state index contributed by atoms with van der Waals surface area (Å²) in [7, 11) is 4.31. The number of carbonyl (C=O) groups is 1. The Labute approximate surface area is 197 Å². The summed E-state index contributed by atoms with van der Waals surface area (Å²) in [6.07, 6.45) is 7.58. The van der Waals surface area contributed by atoms with Gasteiger partial charge in [-0.05, 0) is 75.7 Å². The molecule has 4 rings (SSSR count). The monoisotopic (exact) mass is 451 g/mol. The fraction of sp³-hybridized carbons (Fsp3) is 0.577. The van der Waals surface area contributed by atoms with Gasteiger partial charge in [0.2, 0.25) is 0 Å². The molecule has 2 N–H and O–H groups in total. The van der Waals surface area contributed by atoms with Crippen molar-refractivity contribution < 1.29 is 9.90 Å². The van der Waals surface area contributed by atoms with E-state index in [0.29, 0.717) is 24.2 Å². The van der Waals surface area contributed by atoms with E-state index in [1.165, 1.54) is 43.1 Å². The molecule has 0 unspecified atom stereocenters. The number of nitrogens with one attached hydrogen (secondary N) is 1. The molecule has 0 radical (unpaired) electrons. The number of β-amino-alcohol motifs (C(OH)–C–C–N with tert-alkyl or cyclic N) is 1. The minimum absolute atomic E-state index is 0.213. The number of aliphatic hydroxyl groups excluding tert-OH is 1. The molecule has 0 bridgehead atoms. The zero-order chi connectivity index (χ0) is 23.2. The molecule has 0 saturated heterocycles. The average molecular weight is 452 g/mol. The lowest BCUT2D eigenvalue weighted by atomic mass is 9.83. The van der Waals surface area contributed by atoms with Gasteiger partial charge in [-0.15, -0.1) is 0 Å². The lowest BCUT2D eigenvalue weighted by molar-refractivity contribution is 0.0837. The highest BCUT2D eigenvalue weighted by Gasteiger charge is 2.23. The number of fused-ring (bicyclic) bond motifs is 1. The summed E-state index contributed by atoms with van der Waals surface area (Å²) in [6, 6.07) is 10.9. The first kappa shape index (κ1) is 23.8. The Morgan fingerprint density at radius 2 is 1.94 bits per heavy atom. The van der Waals surface area contributed by atoms with Gasteiger partial charge in [-0.1, -0.05) is 24.3 Å². The lowest BCUT2D eigenvalue weighted by Crippen LogP contribution is -2.42. The van der Waals surface area contributed by atoms with Crippen molar-refractivity contribution in [1.82, 2.24) is 25.1 Å². The SMILES string of the molecule is CN(C)C1CCC(Cc2cc(C(=O)NC[C@H](O)CN3CCc4ccccc4C3)ncn2)CC1. The van der Waals surface area contributed by atoms with E-state index in [2.05, 4.69) is 63.4 Å². The Balaban J connectivity index is 1.23. The van der Waals surface area contributed by atoms with Crippen molar-refractivity contribution in [3.8, 4) is 0 Å². The number of nitrogens with zero attached hydrogens (tertiary/aromatic N) is 4. The summed E-state index contributed by atoms with van der Waals surface area (Å²) in [5.74, 6) is 0.363. The zero-order valence-corrected chi connectivity index (χ0v) is 19.9. The third-order valence-corrected chi connectivity index (χ3v) is 7.18. The third-order valence-electron chi connectivity index (χ3n) is 7.18. The molecule has 1 amide bonds. The van der Waals surface area contributed by atoms with Crippen LogP contribution >= 0.6 is 0 Å². The minimum Gasteiger partial charge on any atom is -0.390 e. The topological polar surface area (TPSA) is 81.6 Å². The van der Waals surface area contributed by atoms with Crippen molar-refractivity contribution >= 4 is 5.91 Å². The van der Waals surface area contributed by atoms with E-state index < -0.39 is 6.10 Å². The number of amides is 1. The molecular weight excluding hydrogens is 414 g/mol. The molecule has 1 aromatic carbocycles. The highest BCUT2D eigenvalue weighted by Crippen LogP contribution is 2.28. The second-order valence-electron chi connectivity index (χ2n) is 9.85. The predicted molar refractivity (Wildman–Crippen MR) is 129 cm³/mol. The third kappa shape index (κ3) is 6.59. The first-order valence-corrected chi connectivity index (χ1v) is 12.2. The molecule has 1 saturated carbocycles. The van der Waals surface area contributed by atoms with Crippen LogP contribution in [-0.2, 0) is 19.4 Å². The molecule has 1 aliphatic heterocycles. The Hall–Kier alpha value is -2.35. The van der Waals surface area contributed by atoms with Crippen molar-refractivity contribution in [2.24, 2.45) is 5.92 Å². The summed E-state index contributed by atoms with van der Waals surface area (Å²) < 4.78 is 0. The van der Waals surface area contributed by atoms with Gasteiger partial charge in [0.1, 0.15) is 12.0 Å². The zero-order valence-electron chi connectivity index (χ0n) is 19.9. The number of aliphatic hydroxyl groups is 1. The van der Waals surface area contributed by atoms with Crippen LogP contribution in [0.3, 0.4) is 0 Å². The molecule has 1 fully saturated rings. The highest BCUT2D eigenvalue weighted by molar-refractivity contribution is 5.92. The molecule has 1 aliphatic carbocycles. The number of hydrogen-bond donors (Lipinski definition) is 2. The van der Waals surface area contributed by atoms with E-state index in [-0.39, 0.29) is 12.5 Å². The molecule has 0 spiro atoms. The molecule has 1 atom stereocenters. The van der Waals surface area contributed by atoms with Gasteiger partial charge in [0.25, 0.3) is 5.91 Å². The summed E-state index contributed by atoms with van der Waals surface area (Å²) in [4.78, 5) is 25.8. The van der Waals surface area contributed by atoms with Crippen LogP contribution in [0.4, 0.5) is 0 Å². The molecule has 7 heteroatoms. The summed E-state index contributed by atoms with van der Waals surface area (Å²) in [5.41, 5.74) is 4.02. The van der Waals surface area contributed by atoms with Gasteiger partial charge in [0.05, 0.1) is 6.10 Å². The first-order chi connectivity index (χ1) is 16.0. The fourth-order valence-corrected chi connectivity index (χ4v) is 5.17. The Bertz CT molecular complexity index is 926. The Kier molecular flexibility index (Phi) is 8.06. The summed E-state index contributed by atoms with van der Waals surface area (Å²) >= 11 is 0. The van der Waals surface area contributed by atoms with E-state index >= 15 is 0 Å². The first-order valence-electron chi connectivity index (χ1n) is 12.2. The number of carbonyl (C=O) groups excluding carboxylic acids is 1. The van der Waals surface area contributed by atoms with Gasteiger partial charge in [0.15, 0.2) is 0 Å². The van der Waals surface area contributed by atoms with Gasteiger partial charge in [0, 0.05) is 37.9 Å². The predicted octanol–water partition coefficient (Wildman–Crippen LogP) is 2.29. The van der Waals surface area contributed by atoms with Crippen LogP contribution in [-0.4, -0.2) is 76.7 Å². The van der Waals surface area contributed by atoms with Crippen molar-refractivity contribution in [2.75, 3.05) is 33.7 Å². The van der Waals surface area contributed by atoms with E-state index in [9.17, 15) is 9.90 Å². The normalized spacial score (nSPS) is 22.1. The summed E-state index contributed by atoms with van der Waals surface area (Å²) in [6.45, 7) is 2.52. The van der Waals surface area contributed by atoms with Crippen LogP contribution < -0.4 is 5.32 Å². The van der Waals surface area contributed by atoms with Crippen molar-refractivity contribution in [3.05, 3.63) is 59.2 Å². The quantitative estimate of drug-likeness (QED) is 0.641. The van der Waals surface area contributed by atoms with E-state index in [0.717, 1.165) is 31.6 Å². The molecule has 1 aromatic heterocycles. The smallest absolute Gasteiger partial charge is 0.270 e.